The van der Waals surface area contributed by atoms with Gasteiger partial charge in [0.2, 0.25) is 0 Å². The van der Waals surface area contributed by atoms with E-state index < -0.39 is 5.63 Å². The topological polar surface area (TPSA) is 47.3 Å². The molecule has 3 rings (SSSR count). The van der Waals surface area contributed by atoms with Gasteiger partial charge in [0.1, 0.15) is 11.1 Å². The van der Waals surface area contributed by atoms with Gasteiger partial charge in [-0.1, -0.05) is 24.3 Å². The predicted molar refractivity (Wildman–Crippen MR) is 65.4 cm³/mol. The van der Waals surface area contributed by atoms with Crippen LogP contribution in [0.25, 0.3) is 21.7 Å². The van der Waals surface area contributed by atoms with Gasteiger partial charge < -0.3 is 4.42 Å². The summed E-state index contributed by atoms with van der Waals surface area (Å²) >= 11 is 0. The fourth-order valence-electron chi connectivity index (χ4n) is 1.91. The van der Waals surface area contributed by atoms with Gasteiger partial charge in [0.25, 0.3) is 0 Å². The molecule has 0 fully saturated rings. The lowest BCUT2D eigenvalue weighted by molar-refractivity contribution is 0.112. The molecule has 0 saturated carbocycles. The maximum Gasteiger partial charge on any atom is 0.346 e. The molecule has 0 aliphatic heterocycles. The zero-order valence-electron chi connectivity index (χ0n) is 8.84. The third kappa shape index (κ3) is 1.52. The molecule has 2 aromatic carbocycles. The van der Waals surface area contributed by atoms with Crippen LogP contribution < -0.4 is 5.63 Å². The van der Waals surface area contributed by atoms with Gasteiger partial charge in [-0.3, -0.25) is 4.79 Å². The fraction of sp³-hybridized carbons (Fsp3) is 0. The summed E-state index contributed by atoms with van der Waals surface area (Å²) in [6.07, 6.45) is 0.514. The molecule has 0 N–H and O–H groups in total. The number of benzene rings is 2. The highest BCUT2D eigenvalue weighted by Crippen LogP contribution is 2.21. The highest BCUT2D eigenvalue weighted by molar-refractivity contribution is 5.96. The standard InChI is InChI=1S/C14H8O3/c15-8-12-6-11-5-9-3-1-2-4-10(9)7-13(11)17-14(12)16/h1-8H. The number of hydrogen-bond acceptors (Lipinski definition) is 3. The van der Waals surface area contributed by atoms with E-state index in [0.29, 0.717) is 11.9 Å². The Labute approximate surface area is 96.3 Å². The molecule has 82 valence electrons. The molecule has 1 aromatic heterocycles. The second-order valence-electron chi connectivity index (χ2n) is 3.84. The van der Waals surface area contributed by atoms with E-state index in [9.17, 15) is 9.59 Å². The molecular formula is C14H8O3. The average molecular weight is 224 g/mol. The van der Waals surface area contributed by atoms with Crippen LogP contribution in [0.4, 0.5) is 0 Å². The van der Waals surface area contributed by atoms with Crippen LogP contribution in [0.3, 0.4) is 0 Å². The Morgan fingerprint density at radius 3 is 2.35 bits per heavy atom. The van der Waals surface area contributed by atoms with Crippen molar-refractivity contribution in [2.24, 2.45) is 0 Å². The molecule has 3 nitrogen and oxygen atoms in total. The Kier molecular flexibility index (Phi) is 2.05. The Hall–Kier alpha value is -2.42. The Balaban J connectivity index is 2.48. The Morgan fingerprint density at radius 1 is 0.941 bits per heavy atom. The molecule has 3 heteroatoms. The summed E-state index contributed by atoms with van der Waals surface area (Å²) in [4.78, 5) is 22.1. The molecule has 0 saturated heterocycles. The van der Waals surface area contributed by atoms with Gasteiger partial charge in [0, 0.05) is 5.39 Å². The molecule has 0 unspecified atom stereocenters. The van der Waals surface area contributed by atoms with Crippen molar-refractivity contribution in [1.82, 2.24) is 0 Å². The van der Waals surface area contributed by atoms with Crippen LogP contribution >= 0.6 is 0 Å². The van der Waals surface area contributed by atoms with E-state index in [1.165, 1.54) is 0 Å². The van der Waals surface area contributed by atoms with Gasteiger partial charge >= 0.3 is 5.63 Å². The van der Waals surface area contributed by atoms with E-state index >= 15 is 0 Å². The smallest absolute Gasteiger partial charge is 0.346 e. The zero-order chi connectivity index (χ0) is 11.8. The molecule has 0 aliphatic carbocycles. The minimum absolute atomic E-state index is 0.0489. The van der Waals surface area contributed by atoms with Gasteiger partial charge in [0.05, 0.1) is 0 Å². The molecule has 0 radical (unpaired) electrons. The van der Waals surface area contributed by atoms with Crippen molar-refractivity contribution in [2.75, 3.05) is 0 Å². The molecule has 0 amide bonds. The first-order valence-corrected chi connectivity index (χ1v) is 5.20. The molecular weight excluding hydrogens is 216 g/mol. The van der Waals surface area contributed by atoms with E-state index in [4.69, 9.17) is 4.42 Å². The Morgan fingerprint density at radius 2 is 1.65 bits per heavy atom. The molecule has 0 aliphatic rings. The number of rotatable bonds is 1. The number of aldehydes is 1. The minimum atomic E-state index is -0.595. The minimum Gasteiger partial charge on any atom is -0.422 e. The third-order valence-electron chi connectivity index (χ3n) is 2.75. The van der Waals surface area contributed by atoms with Crippen molar-refractivity contribution in [1.29, 1.82) is 0 Å². The molecule has 17 heavy (non-hydrogen) atoms. The maximum absolute atomic E-state index is 11.4. The third-order valence-corrected chi connectivity index (χ3v) is 2.75. The second-order valence-corrected chi connectivity index (χ2v) is 3.84. The summed E-state index contributed by atoms with van der Waals surface area (Å²) in [5.41, 5.74) is -0.0464. The number of carbonyl (C=O) groups excluding carboxylic acids is 1. The zero-order valence-corrected chi connectivity index (χ0v) is 8.84. The van der Waals surface area contributed by atoms with Crippen molar-refractivity contribution >= 4 is 28.0 Å². The van der Waals surface area contributed by atoms with E-state index in [-0.39, 0.29) is 5.56 Å². The first-order valence-electron chi connectivity index (χ1n) is 5.20. The van der Waals surface area contributed by atoms with Crippen LogP contribution in [0.5, 0.6) is 0 Å². The molecule has 0 spiro atoms. The van der Waals surface area contributed by atoms with Gasteiger partial charge in [-0.25, -0.2) is 4.79 Å². The van der Waals surface area contributed by atoms with E-state index in [2.05, 4.69) is 0 Å². The lowest BCUT2D eigenvalue weighted by Crippen LogP contribution is -2.05. The van der Waals surface area contributed by atoms with Gasteiger partial charge in [-0.15, -0.1) is 0 Å². The van der Waals surface area contributed by atoms with Gasteiger partial charge in [-0.05, 0) is 29.0 Å². The molecule has 3 aromatic rings. The molecule has 1 heterocycles. The normalized spacial score (nSPS) is 10.8. The van der Waals surface area contributed by atoms with E-state index in [1.54, 1.807) is 12.1 Å². The number of hydrogen-bond donors (Lipinski definition) is 0. The summed E-state index contributed by atoms with van der Waals surface area (Å²) in [6, 6.07) is 13.0. The van der Waals surface area contributed by atoms with Crippen LogP contribution in [0.15, 0.2) is 51.7 Å². The molecule has 0 atom stereocenters. The highest BCUT2D eigenvalue weighted by Gasteiger charge is 2.05. The van der Waals surface area contributed by atoms with Crippen molar-refractivity contribution in [3.05, 3.63) is 58.4 Å². The number of fused-ring (bicyclic) bond motifs is 2. The monoisotopic (exact) mass is 224 g/mol. The van der Waals surface area contributed by atoms with E-state index in [0.717, 1.165) is 16.2 Å². The maximum atomic E-state index is 11.4. The van der Waals surface area contributed by atoms with Crippen LogP contribution in [-0.2, 0) is 0 Å². The summed E-state index contributed by atoms with van der Waals surface area (Å²) in [5, 5.41) is 2.80. The second kappa shape index (κ2) is 3.56. The lowest BCUT2D eigenvalue weighted by atomic mass is 10.1. The summed E-state index contributed by atoms with van der Waals surface area (Å²) in [7, 11) is 0. The highest BCUT2D eigenvalue weighted by atomic mass is 16.4. The predicted octanol–water partition coefficient (Wildman–Crippen LogP) is 2.76. The summed E-state index contributed by atoms with van der Waals surface area (Å²) in [6.45, 7) is 0. The van der Waals surface area contributed by atoms with Crippen molar-refractivity contribution in [2.45, 2.75) is 0 Å². The number of carbonyl (C=O) groups is 1. The lowest BCUT2D eigenvalue weighted by Gasteiger charge is -2.01. The summed E-state index contributed by atoms with van der Waals surface area (Å²) in [5.74, 6) is 0. The fourth-order valence-corrected chi connectivity index (χ4v) is 1.91. The largest absolute Gasteiger partial charge is 0.422 e. The van der Waals surface area contributed by atoms with Crippen molar-refractivity contribution in [3.63, 3.8) is 0 Å². The van der Waals surface area contributed by atoms with Crippen molar-refractivity contribution in [3.8, 4) is 0 Å². The average Bonchev–Trinajstić information content (AvgIpc) is 2.35. The molecule has 0 bridgehead atoms. The quantitative estimate of drug-likeness (QED) is 0.362. The van der Waals surface area contributed by atoms with Crippen LogP contribution in [-0.4, -0.2) is 6.29 Å². The SMILES string of the molecule is O=Cc1cc2cc3ccccc3cc2oc1=O. The van der Waals surface area contributed by atoms with Gasteiger partial charge in [0.15, 0.2) is 6.29 Å². The van der Waals surface area contributed by atoms with Crippen LogP contribution in [0, 0.1) is 0 Å². The first-order chi connectivity index (χ1) is 8.28. The summed E-state index contributed by atoms with van der Waals surface area (Å²) < 4.78 is 5.10. The Bertz CT molecular complexity index is 784. The van der Waals surface area contributed by atoms with Crippen LogP contribution in [0.2, 0.25) is 0 Å². The van der Waals surface area contributed by atoms with E-state index in [1.807, 2.05) is 30.3 Å². The van der Waals surface area contributed by atoms with Crippen LogP contribution in [0.1, 0.15) is 10.4 Å². The van der Waals surface area contributed by atoms with Gasteiger partial charge in [-0.2, -0.15) is 0 Å². The van der Waals surface area contributed by atoms with Crippen molar-refractivity contribution < 1.29 is 9.21 Å². The first kappa shape index (κ1) is 9.78.